The van der Waals surface area contributed by atoms with Gasteiger partial charge in [-0.05, 0) is 51.4 Å². The number of methoxy groups -OCH3 is 1. The van der Waals surface area contributed by atoms with E-state index in [0.717, 1.165) is 16.9 Å². The lowest BCUT2D eigenvalue weighted by atomic mass is 9.77. The monoisotopic (exact) mass is 290 g/mol. The molecule has 0 radical (unpaired) electrons. The van der Waals surface area contributed by atoms with Gasteiger partial charge in [-0.2, -0.15) is 0 Å². The molecule has 6 heteroatoms. The molecule has 0 aromatic carbocycles. The predicted molar refractivity (Wildman–Crippen MR) is 83.9 cm³/mol. The van der Waals surface area contributed by atoms with E-state index < -0.39 is 7.12 Å². The van der Waals surface area contributed by atoms with E-state index in [0.29, 0.717) is 6.54 Å². The summed E-state index contributed by atoms with van der Waals surface area (Å²) in [6, 6.07) is 3.73. The Kier molecular flexibility index (Phi) is 4.42. The van der Waals surface area contributed by atoms with Crippen molar-refractivity contribution in [3.63, 3.8) is 0 Å². The molecule has 1 fully saturated rings. The largest absolute Gasteiger partial charge is 0.495 e. The van der Waals surface area contributed by atoms with Gasteiger partial charge in [0.2, 0.25) is 0 Å². The average molecular weight is 290 g/mol. The van der Waals surface area contributed by atoms with E-state index in [1.807, 2.05) is 45.9 Å². The lowest BCUT2D eigenvalue weighted by molar-refractivity contribution is 0.00578. The first-order valence-electron chi connectivity index (χ1n) is 7.05. The van der Waals surface area contributed by atoms with Crippen molar-refractivity contribution in [3.05, 3.63) is 29.5 Å². The second-order valence-corrected chi connectivity index (χ2v) is 6.13. The predicted octanol–water partition coefficient (Wildman–Crippen LogP) is 2.06. The van der Waals surface area contributed by atoms with Crippen molar-refractivity contribution >= 4 is 13.2 Å². The molecule has 0 unspecified atom stereocenters. The van der Waals surface area contributed by atoms with Crippen molar-refractivity contribution in [2.24, 2.45) is 5.73 Å². The number of ether oxygens (including phenoxy) is 1. The number of pyridine rings is 1. The summed E-state index contributed by atoms with van der Waals surface area (Å²) in [5.74, 6) is 0.720. The van der Waals surface area contributed by atoms with E-state index in [1.54, 1.807) is 13.3 Å². The fraction of sp³-hybridized carbons (Fsp3) is 0.533. The molecule has 0 saturated carbocycles. The van der Waals surface area contributed by atoms with Crippen LogP contribution in [0.4, 0.5) is 0 Å². The van der Waals surface area contributed by atoms with Crippen LogP contribution in [0.3, 0.4) is 0 Å². The molecule has 0 amide bonds. The highest BCUT2D eigenvalue weighted by molar-refractivity contribution is 6.55. The van der Waals surface area contributed by atoms with Gasteiger partial charge in [-0.15, -0.1) is 0 Å². The van der Waals surface area contributed by atoms with Crippen molar-refractivity contribution in [2.75, 3.05) is 13.7 Å². The van der Waals surface area contributed by atoms with Crippen LogP contribution in [0.25, 0.3) is 6.08 Å². The lowest BCUT2D eigenvalue weighted by Crippen LogP contribution is -2.41. The van der Waals surface area contributed by atoms with Crippen LogP contribution in [0.15, 0.2) is 23.8 Å². The highest BCUT2D eigenvalue weighted by atomic mass is 16.7. The molecule has 1 aliphatic rings. The second kappa shape index (κ2) is 5.79. The maximum absolute atomic E-state index is 6.01. The minimum absolute atomic E-state index is 0.352. The van der Waals surface area contributed by atoms with Crippen LogP contribution in [0.5, 0.6) is 5.75 Å². The van der Waals surface area contributed by atoms with Crippen LogP contribution >= 0.6 is 0 Å². The summed E-state index contributed by atoms with van der Waals surface area (Å²) in [5.41, 5.74) is 6.77. The lowest BCUT2D eigenvalue weighted by Gasteiger charge is -2.32. The molecule has 1 saturated heterocycles. The fourth-order valence-corrected chi connectivity index (χ4v) is 2.01. The Morgan fingerprint density at radius 2 is 1.90 bits per heavy atom. The summed E-state index contributed by atoms with van der Waals surface area (Å²) in [6.07, 6.45) is 3.58. The average Bonchev–Trinajstić information content (AvgIpc) is 2.65. The summed E-state index contributed by atoms with van der Waals surface area (Å²) in [5, 5.41) is 0. The van der Waals surface area contributed by atoms with Gasteiger partial charge in [-0.25, -0.2) is 0 Å². The first kappa shape index (κ1) is 16.0. The highest BCUT2D eigenvalue weighted by Gasteiger charge is 2.52. The van der Waals surface area contributed by atoms with Gasteiger partial charge < -0.3 is 19.8 Å². The molecule has 21 heavy (non-hydrogen) atoms. The Hall–Kier alpha value is -1.37. The molecular formula is C15H23BN2O3. The summed E-state index contributed by atoms with van der Waals surface area (Å²) in [4.78, 5) is 4.31. The molecule has 2 N–H and O–H groups in total. The molecule has 0 aliphatic carbocycles. The molecule has 0 spiro atoms. The Morgan fingerprint density at radius 3 is 2.33 bits per heavy atom. The van der Waals surface area contributed by atoms with E-state index in [9.17, 15) is 0 Å². The molecule has 5 nitrogen and oxygen atoms in total. The van der Waals surface area contributed by atoms with Crippen molar-refractivity contribution in [2.45, 2.75) is 38.9 Å². The van der Waals surface area contributed by atoms with E-state index in [-0.39, 0.29) is 11.2 Å². The Balaban J connectivity index is 2.22. The standard InChI is InChI=1S/C15H23BN2O3/c1-14(2)15(3,4)21-16(20-14)11(9-17)8-12-6-7-13(19-5)10-18-12/h6-8,10H,9,17H2,1-5H3. The maximum Gasteiger partial charge on any atom is 0.491 e. The topological polar surface area (TPSA) is 66.6 Å². The highest BCUT2D eigenvalue weighted by Crippen LogP contribution is 2.38. The Morgan fingerprint density at radius 1 is 1.29 bits per heavy atom. The number of nitrogens with zero attached hydrogens (tertiary/aromatic N) is 1. The number of nitrogens with two attached hydrogens (primary N) is 1. The molecular weight excluding hydrogens is 267 g/mol. The van der Waals surface area contributed by atoms with Crippen molar-refractivity contribution in [1.82, 2.24) is 4.98 Å². The molecule has 2 rings (SSSR count). The van der Waals surface area contributed by atoms with Crippen molar-refractivity contribution < 1.29 is 14.0 Å². The summed E-state index contributed by atoms with van der Waals surface area (Å²) < 4.78 is 17.1. The minimum atomic E-state index is -0.441. The van der Waals surface area contributed by atoms with Crippen LogP contribution < -0.4 is 10.5 Å². The Bertz CT molecular complexity index is 510. The first-order chi connectivity index (χ1) is 9.79. The van der Waals surface area contributed by atoms with Crippen LogP contribution in [-0.2, 0) is 9.31 Å². The summed E-state index contributed by atoms with van der Waals surface area (Å²) >= 11 is 0. The van der Waals surface area contributed by atoms with E-state index in [1.165, 1.54) is 0 Å². The zero-order valence-electron chi connectivity index (χ0n) is 13.3. The molecule has 0 bridgehead atoms. The number of aromatic nitrogens is 1. The molecule has 1 aromatic heterocycles. The summed E-state index contributed by atoms with van der Waals surface area (Å²) in [6.45, 7) is 8.43. The zero-order valence-corrected chi connectivity index (χ0v) is 13.3. The normalized spacial score (nSPS) is 20.7. The van der Waals surface area contributed by atoms with Crippen LogP contribution in [0.1, 0.15) is 33.4 Å². The van der Waals surface area contributed by atoms with Gasteiger partial charge >= 0.3 is 7.12 Å². The second-order valence-electron chi connectivity index (χ2n) is 6.13. The third-order valence-corrected chi connectivity index (χ3v) is 4.12. The van der Waals surface area contributed by atoms with Gasteiger partial charge in [0.1, 0.15) is 5.75 Å². The molecule has 1 aliphatic heterocycles. The van der Waals surface area contributed by atoms with Gasteiger partial charge in [0.05, 0.1) is 30.2 Å². The van der Waals surface area contributed by atoms with Gasteiger partial charge in [-0.3, -0.25) is 4.98 Å². The molecule has 1 aromatic rings. The molecule has 0 atom stereocenters. The SMILES string of the molecule is COc1ccc(C=C(CN)B2OC(C)(C)C(C)(C)O2)nc1. The smallest absolute Gasteiger partial charge is 0.491 e. The Labute approximate surface area is 126 Å². The van der Waals surface area contributed by atoms with E-state index in [2.05, 4.69) is 4.98 Å². The third kappa shape index (κ3) is 3.28. The molecule has 114 valence electrons. The quantitative estimate of drug-likeness (QED) is 0.860. The number of rotatable bonds is 4. The van der Waals surface area contributed by atoms with E-state index in [4.69, 9.17) is 19.8 Å². The summed E-state index contributed by atoms with van der Waals surface area (Å²) in [7, 11) is 1.17. The van der Waals surface area contributed by atoms with Gasteiger partial charge in [0, 0.05) is 6.54 Å². The van der Waals surface area contributed by atoms with Crippen molar-refractivity contribution in [3.8, 4) is 5.75 Å². The van der Waals surface area contributed by atoms with Crippen molar-refractivity contribution in [1.29, 1.82) is 0 Å². The minimum Gasteiger partial charge on any atom is -0.495 e. The van der Waals surface area contributed by atoms with Crippen LogP contribution in [-0.4, -0.2) is 37.0 Å². The van der Waals surface area contributed by atoms with Crippen LogP contribution in [0, 0.1) is 0 Å². The zero-order chi connectivity index (χ0) is 15.7. The fourth-order valence-electron chi connectivity index (χ4n) is 2.01. The van der Waals surface area contributed by atoms with Gasteiger partial charge in [0.15, 0.2) is 0 Å². The number of hydrogen-bond acceptors (Lipinski definition) is 5. The van der Waals surface area contributed by atoms with E-state index >= 15 is 0 Å². The third-order valence-electron chi connectivity index (χ3n) is 4.12. The van der Waals surface area contributed by atoms with Crippen LogP contribution in [0.2, 0.25) is 0 Å². The van der Waals surface area contributed by atoms with Gasteiger partial charge in [0.25, 0.3) is 0 Å². The van der Waals surface area contributed by atoms with Gasteiger partial charge in [-0.1, -0.05) is 0 Å². The number of hydrogen-bond donors (Lipinski definition) is 1. The first-order valence-corrected chi connectivity index (χ1v) is 7.05. The maximum atomic E-state index is 6.01. The molecule has 2 heterocycles.